The molecule has 3 rings (SSSR count). The van der Waals surface area contributed by atoms with Crippen LogP contribution in [0, 0.1) is 19.8 Å². The van der Waals surface area contributed by atoms with Gasteiger partial charge in [0.25, 0.3) is 0 Å². The van der Waals surface area contributed by atoms with Crippen molar-refractivity contribution in [2.75, 3.05) is 0 Å². The van der Waals surface area contributed by atoms with Crippen LogP contribution in [0.15, 0.2) is 12.3 Å². The average Bonchev–Trinajstić information content (AvgIpc) is 3.18. The average molecular weight is 286 g/mol. The molecule has 0 amide bonds. The highest BCUT2D eigenvalue weighted by molar-refractivity contribution is 5.42. The molecular formula is C17H26N4. The van der Waals surface area contributed by atoms with E-state index in [-0.39, 0.29) is 0 Å². The molecular weight excluding hydrogens is 260 g/mol. The lowest BCUT2D eigenvalue weighted by molar-refractivity contribution is 0.402. The predicted molar refractivity (Wildman–Crippen MR) is 85.4 cm³/mol. The number of nitrogens with one attached hydrogen (secondary N) is 1. The van der Waals surface area contributed by atoms with E-state index < -0.39 is 0 Å². The SMILES string of the molecule is CCC(CC1CC1)NC(C)c1cnc2cc(C)nn2c1C. The highest BCUT2D eigenvalue weighted by Gasteiger charge is 2.26. The molecule has 2 aromatic heterocycles. The van der Waals surface area contributed by atoms with Crippen molar-refractivity contribution < 1.29 is 0 Å². The third-order valence-corrected chi connectivity index (χ3v) is 4.64. The topological polar surface area (TPSA) is 42.2 Å². The summed E-state index contributed by atoms with van der Waals surface area (Å²) >= 11 is 0. The lowest BCUT2D eigenvalue weighted by Gasteiger charge is -2.23. The largest absolute Gasteiger partial charge is 0.307 e. The molecule has 1 aliphatic carbocycles. The molecule has 0 aliphatic heterocycles. The summed E-state index contributed by atoms with van der Waals surface area (Å²) < 4.78 is 1.96. The Hall–Kier alpha value is -1.42. The number of fused-ring (bicyclic) bond motifs is 1. The van der Waals surface area contributed by atoms with Crippen molar-refractivity contribution in [1.82, 2.24) is 19.9 Å². The Balaban J connectivity index is 1.79. The monoisotopic (exact) mass is 286 g/mol. The Morgan fingerprint density at radius 1 is 1.38 bits per heavy atom. The fourth-order valence-electron chi connectivity index (χ4n) is 3.15. The van der Waals surface area contributed by atoms with Crippen molar-refractivity contribution >= 4 is 5.65 Å². The maximum absolute atomic E-state index is 4.55. The fourth-order valence-corrected chi connectivity index (χ4v) is 3.15. The van der Waals surface area contributed by atoms with Gasteiger partial charge in [-0.2, -0.15) is 5.10 Å². The molecule has 4 nitrogen and oxygen atoms in total. The van der Waals surface area contributed by atoms with Crippen LogP contribution in [0.2, 0.25) is 0 Å². The van der Waals surface area contributed by atoms with E-state index in [1.165, 1.54) is 36.9 Å². The van der Waals surface area contributed by atoms with Gasteiger partial charge in [0, 0.05) is 35.6 Å². The molecule has 0 radical (unpaired) electrons. The molecule has 0 bridgehead atoms. The molecule has 0 spiro atoms. The first kappa shape index (κ1) is 14.5. The first-order chi connectivity index (χ1) is 10.1. The van der Waals surface area contributed by atoms with Crippen LogP contribution >= 0.6 is 0 Å². The van der Waals surface area contributed by atoms with Gasteiger partial charge in [0.1, 0.15) is 0 Å². The van der Waals surface area contributed by atoms with Gasteiger partial charge in [-0.25, -0.2) is 9.50 Å². The number of aromatic nitrogens is 3. The Kier molecular flexibility index (Phi) is 3.98. The van der Waals surface area contributed by atoms with E-state index in [4.69, 9.17) is 0 Å². The summed E-state index contributed by atoms with van der Waals surface area (Å²) in [6.45, 7) is 8.66. The Bertz CT molecular complexity index is 627. The minimum Gasteiger partial charge on any atom is -0.307 e. The summed E-state index contributed by atoms with van der Waals surface area (Å²) in [5, 5.41) is 8.33. The predicted octanol–water partition coefficient (Wildman–Crippen LogP) is 3.58. The number of rotatable bonds is 6. The van der Waals surface area contributed by atoms with E-state index in [1.807, 2.05) is 23.7 Å². The summed E-state index contributed by atoms with van der Waals surface area (Å²) in [4.78, 5) is 4.55. The van der Waals surface area contributed by atoms with Crippen molar-refractivity contribution in [3.05, 3.63) is 29.2 Å². The number of aryl methyl sites for hydroxylation is 2. The molecule has 1 fully saturated rings. The molecule has 21 heavy (non-hydrogen) atoms. The second-order valence-electron chi connectivity index (χ2n) is 6.53. The molecule has 1 saturated carbocycles. The highest BCUT2D eigenvalue weighted by Crippen LogP contribution is 2.34. The van der Waals surface area contributed by atoms with Gasteiger partial charge in [0.05, 0.1) is 5.69 Å². The molecule has 2 atom stereocenters. The first-order valence-electron chi connectivity index (χ1n) is 8.16. The van der Waals surface area contributed by atoms with Gasteiger partial charge < -0.3 is 5.32 Å². The van der Waals surface area contributed by atoms with Gasteiger partial charge in [0.15, 0.2) is 5.65 Å². The zero-order valence-corrected chi connectivity index (χ0v) is 13.6. The van der Waals surface area contributed by atoms with Crippen molar-refractivity contribution in [3.8, 4) is 0 Å². The summed E-state index contributed by atoms with van der Waals surface area (Å²) in [6, 6.07) is 2.95. The van der Waals surface area contributed by atoms with Gasteiger partial charge in [0.2, 0.25) is 0 Å². The second kappa shape index (κ2) is 5.76. The standard InChI is InChI=1S/C17H26N4/c1-5-15(9-14-6-7-14)19-12(3)16-10-18-17-8-11(2)20-21(17)13(16)4/h8,10,12,14-15,19H,5-7,9H2,1-4H3. The summed E-state index contributed by atoms with van der Waals surface area (Å²) in [5.41, 5.74) is 4.39. The molecule has 0 saturated heterocycles. The molecule has 2 aromatic rings. The Labute approximate surface area is 127 Å². The molecule has 0 aromatic carbocycles. The Morgan fingerprint density at radius 3 is 2.81 bits per heavy atom. The smallest absolute Gasteiger partial charge is 0.155 e. The van der Waals surface area contributed by atoms with E-state index in [9.17, 15) is 0 Å². The second-order valence-corrected chi connectivity index (χ2v) is 6.53. The van der Waals surface area contributed by atoms with Crippen LogP contribution in [-0.4, -0.2) is 20.6 Å². The molecule has 114 valence electrons. The number of nitrogens with zero attached hydrogens (tertiary/aromatic N) is 3. The van der Waals surface area contributed by atoms with Crippen molar-refractivity contribution in [1.29, 1.82) is 0 Å². The normalized spacial score (nSPS) is 18.1. The lowest BCUT2D eigenvalue weighted by Crippen LogP contribution is -2.32. The van der Waals surface area contributed by atoms with Crippen LogP contribution < -0.4 is 5.32 Å². The molecule has 2 unspecified atom stereocenters. The number of hydrogen-bond donors (Lipinski definition) is 1. The third kappa shape index (κ3) is 3.10. The third-order valence-electron chi connectivity index (χ3n) is 4.64. The van der Waals surface area contributed by atoms with Gasteiger partial charge in [-0.3, -0.25) is 0 Å². The van der Waals surface area contributed by atoms with E-state index >= 15 is 0 Å². The minimum atomic E-state index is 0.315. The van der Waals surface area contributed by atoms with E-state index in [2.05, 4.69) is 36.2 Å². The van der Waals surface area contributed by atoms with Gasteiger partial charge >= 0.3 is 0 Å². The van der Waals surface area contributed by atoms with Crippen molar-refractivity contribution in [3.63, 3.8) is 0 Å². The highest BCUT2D eigenvalue weighted by atomic mass is 15.3. The first-order valence-corrected chi connectivity index (χ1v) is 8.16. The fraction of sp³-hybridized carbons (Fsp3) is 0.647. The summed E-state index contributed by atoms with van der Waals surface area (Å²) in [6.07, 6.45) is 7.36. The molecule has 2 heterocycles. The van der Waals surface area contributed by atoms with Crippen LogP contribution in [0.25, 0.3) is 5.65 Å². The van der Waals surface area contributed by atoms with Gasteiger partial charge in [-0.05, 0) is 39.5 Å². The van der Waals surface area contributed by atoms with Crippen LogP contribution in [0.4, 0.5) is 0 Å². The van der Waals surface area contributed by atoms with Crippen LogP contribution in [0.3, 0.4) is 0 Å². The van der Waals surface area contributed by atoms with E-state index in [0.29, 0.717) is 12.1 Å². The molecule has 1 aliphatic rings. The molecule has 4 heteroatoms. The lowest BCUT2D eigenvalue weighted by atomic mass is 10.0. The molecule has 1 N–H and O–H groups in total. The quantitative estimate of drug-likeness (QED) is 0.882. The maximum Gasteiger partial charge on any atom is 0.155 e. The van der Waals surface area contributed by atoms with Gasteiger partial charge in [-0.15, -0.1) is 0 Å². The van der Waals surface area contributed by atoms with Crippen molar-refractivity contribution in [2.45, 2.75) is 65.5 Å². The van der Waals surface area contributed by atoms with Crippen LogP contribution in [0.5, 0.6) is 0 Å². The van der Waals surface area contributed by atoms with E-state index in [1.54, 1.807) is 0 Å². The van der Waals surface area contributed by atoms with Gasteiger partial charge in [-0.1, -0.05) is 19.8 Å². The summed E-state index contributed by atoms with van der Waals surface area (Å²) in [7, 11) is 0. The minimum absolute atomic E-state index is 0.315. The number of hydrogen-bond acceptors (Lipinski definition) is 3. The Morgan fingerprint density at radius 2 is 2.14 bits per heavy atom. The zero-order valence-electron chi connectivity index (χ0n) is 13.6. The maximum atomic E-state index is 4.55. The van der Waals surface area contributed by atoms with Crippen molar-refractivity contribution in [2.24, 2.45) is 5.92 Å². The van der Waals surface area contributed by atoms with E-state index in [0.717, 1.165) is 17.3 Å². The van der Waals surface area contributed by atoms with Crippen LogP contribution in [0.1, 0.15) is 62.5 Å². The zero-order chi connectivity index (χ0) is 15.0. The van der Waals surface area contributed by atoms with Crippen LogP contribution in [-0.2, 0) is 0 Å². The summed E-state index contributed by atoms with van der Waals surface area (Å²) in [5.74, 6) is 0.963.